The minimum absolute atomic E-state index is 0.0902. The van der Waals surface area contributed by atoms with Crippen molar-refractivity contribution in [1.82, 2.24) is 15.3 Å². The third-order valence-electron chi connectivity index (χ3n) is 3.42. The Morgan fingerprint density at radius 2 is 2.00 bits per heavy atom. The van der Waals surface area contributed by atoms with Crippen molar-refractivity contribution < 1.29 is 0 Å². The summed E-state index contributed by atoms with van der Waals surface area (Å²) in [6.45, 7) is 2.70. The van der Waals surface area contributed by atoms with Gasteiger partial charge in [0.1, 0.15) is 5.82 Å². The van der Waals surface area contributed by atoms with Gasteiger partial charge in [-0.3, -0.25) is 0 Å². The molecule has 0 fully saturated rings. The standard InChI is InChI=1S/C16H15Cl2N3/c1-10(16-20-14-4-2-3-5-15(14)21-16)19-9-11-8-12(17)6-7-13(11)18/h2-8,10,19H,9H2,1H3,(H,20,21). The first-order valence-corrected chi connectivity index (χ1v) is 7.51. The number of aromatic amines is 1. The van der Waals surface area contributed by atoms with Gasteiger partial charge >= 0.3 is 0 Å². The van der Waals surface area contributed by atoms with E-state index in [9.17, 15) is 0 Å². The Hall–Kier alpha value is -1.55. The highest BCUT2D eigenvalue weighted by atomic mass is 35.5. The fourth-order valence-corrected chi connectivity index (χ4v) is 2.60. The number of benzene rings is 2. The molecule has 0 saturated carbocycles. The lowest BCUT2D eigenvalue weighted by Gasteiger charge is -2.12. The summed E-state index contributed by atoms with van der Waals surface area (Å²) in [4.78, 5) is 7.91. The molecule has 5 heteroatoms. The van der Waals surface area contributed by atoms with Gasteiger partial charge in [0.15, 0.2) is 0 Å². The van der Waals surface area contributed by atoms with Gasteiger partial charge in [-0.15, -0.1) is 0 Å². The number of nitrogens with one attached hydrogen (secondary N) is 2. The molecule has 108 valence electrons. The summed E-state index contributed by atoms with van der Waals surface area (Å²) >= 11 is 12.2. The number of H-pyrrole nitrogens is 1. The van der Waals surface area contributed by atoms with Crippen molar-refractivity contribution >= 4 is 34.2 Å². The maximum atomic E-state index is 6.17. The Labute approximate surface area is 133 Å². The SMILES string of the molecule is CC(NCc1cc(Cl)ccc1Cl)c1nc2ccccc2[nH]1. The minimum Gasteiger partial charge on any atom is -0.341 e. The van der Waals surface area contributed by atoms with Crippen LogP contribution in [-0.4, -0.2) is 9.97 Å². The lowest BCUT2D eigenvalue weighted by atomic mass is 10.2. The second kappa shape index (κ2) is 6.06. The molecular formula is C16H15Cl2N3. The first kappa shape index (κ1) is 14.4. The zero-order valence-corrected chi connectivity index (χ0v) is 13.0. The van der Waals surface area contributed by atoms with Crippen LogP contribution in [0.5, 0.6) is 0 Å². The van der Waals surface area contributed by atoms with Gasteiger partial charge in [0.2, 0.25) is 0 Å². The first-order chi connectivity index (χ1) is 10.1. The van der Waals surface area contributed by atoms with Crippen LogP contribution in [0, 0.1) is 0 Å². The minimum atomic E-state index is 0.0902. The van der Waals surface area contributed by atoms with Crippen LogP contribution in [0.2, 0.25) is 10.0 Å². The summed E-state index contributed by atoms with van der Waals surface area (Å²) < 4.78 is 0. The van der Waals surface area contributed by atoms with Gasteiger partial charge in [0.05, 0.1) is 17.1 Å². The second-order valence-electron chi connectivity index (χ2n) is 4.98. The molecule has 1 heterocycles. The van der Waals surface area contributed by atoms with E-state index in [0.29, 0.717) is 16.6 Å². The van der Waals surface area contributed by atoms with E-state index in [2.05, 4.69) is 22.2 Å². The van der Waals surface area contributed by atoms with Gasteiger partial charge in [-0.2, -0.15) is 0 Å². The quantitative estimate of drug-likeness (QED) is 0.730. The molecule has 1 atom stereocenters. The summed E-state index contributed by atoms with van der Waals surface area (Å²) in [7, 11) is 0. The number of hydrogen-bond donors (Lipinski definition) is 2. The number of para-hydroxylation sites is 2. The van der Waals surface area contributed by atoms with E-state index in [4.69, 9.17) is 23.2 Å². The third kappa shape index (κ3) is 3.21. The van der Waals surface area contributed by atoms with Gasteiger partial charge in [0.25, 0.3) is 0 Å². The normalized spacial score (nSPS) is 12.7. The topological polar surface area (TPSA) is 40.7 Å². The van der Waals surface area contributed by atoms with Crippen molar-refractivity contribution in [2.45, 2.75) is 19.5 Å². The maximum Gasteiger partial charge on any atom is 0.124 e. The molecule has 2 N–H and O–H groups in total. The molecule has 0 bridgehead atoms. The highest BCUT2D eigenvalue weighted by molar-refractivity contribution is 6.33. The highest BCUT2D eigenvalue weighted by Gasteiger charge is 2.11. The molecule has 0 radical (unpaired) electrons. The molecule has 0 aliphatic rings. The monoisotopic (exact) mass is 319 g/mol. The van der Waals surface area contributed by atoms with Crippen molar-refractivity contribution in [1.29, 1.82) is 0 Å². The molecule has 0 spiro atoms. The number of rotatable bonds is 4. The lowest BCUT2D eigenvalue weighted by Crippen LogP contribution is -2.19. The molecule has 1 unspecified atom stereocenters. The Morgan fingerprint density at radius 1 is 1.19 bits per heavy atom. The van der Waals surface area contributed by atoms with Crippen molar-refractivity contribution in [3.05, 3.63) is 63.9 Å². The van der Waals surface area contributed by atoms with Crippen LogP contribution in [0.4, 0.5) is 0 Å². The van der Waals surface area contributed by atoms with Crippen LogP contribution < -0.4 is 5.32 Å². The van der Waals surface area contributed by atoms with Gasteiger partial charge in [0, 0.05) is 16.6 Å². The van der Waals surface area contributed by atoms with E-state index in [1.54, 1.807) is 6.07 Å². The second-order valence-corrected chi connectivity index (χ2v) is 5.82. The molecule has 0 amide bonds. The van der Waals surface area contributed by atoms with Crippen molar-refractivity contribution in [3.8, 4) is 0 Å². The molecule has 2 aromatic carbocycles. The molecule has 3 rings (SSSR count). The number of halogens is 2. The lowest BCUT2D eigenvalue weighted by molar-refractivity contribution is 0.552. The summed E-state index contributed by atoms with van der Waals surface area (Å²) in [6, 6.07) is 13.6. The first-order valence-electron chi connectivity index (χ1n) is 6.75. The predicted octanol–water partition coefficient (Wildman–Crippen LogP) is 4.72. The van der Waals surface area contributed by atoms with Gasteiger partial charge < -0.3 is 10.3 Å². The van der Waals surface area contributed by atoms with E-state index in [-0.39, 0.29) is 6.04 Å². The van der Waals surface area contributed by atoms with E-state index < -0.39 is 0 Å². The smallest absolute Gasteiger partial charge is 0.124 e. The predicted molar refractivity (Wildman–Crippen MR) is 87.8 cm³/mol. The van der Waals surface area contributed by atoms with Gasteiger partial charge in [-0.25, -0.2) is 4.98 Å². The fraction of sp³-hybridized carbons (Fsp3) is 0.188. The Kier molecular flexibility index (Phi) is 4.15. The van der Waals surface area contributed by atoms with Crippen LogP contribution in [-0.2, 0) is 6.54 Å². The van der Waals surface area contributed by atoms with Crippen LogP contribution in [0.1, 0.15) is 24.4 Å². The average molecular weight is 320 g/mol. The van der Waals surface area contributed by atoms with Crippen LogP contribution >= 0.6 is 23.2 Å². The molecule has 3 nitrogen and oxygen atoms in total. The molecule has 3 aromatic rings. The molecule has 0 aliphatic carbocycles. The van der Waals surface area contributed by atoms with E-state index >= 15 is 0 Å². The highest BCUT2D eigenvalue weighted by Crippen LogP contribution is 2.22. The molecule has 21 heavy (non-hydrogen) atoms. The number of imidazole rings is 1. The van der Waals surface area contributed by atoms with Crippen molar-refractivity contribution in [2.75, 3.05) is 0 Å². The number of fused-ring (bicyclic) bond motifs is 1. The number of aromatic nitrogens is 2. The Morgan fingerprint density at radius 3 is 2.81 bits per heavy atom. The van der Waals surface area contributed by atoms with Crippen LogP contribution in [0.3, 0.4) is 0 Å². The maximum absolute atomic E-state index is 6.17. The Bertz CT molecular complexity index is 734. The van der Waals surface area contributed by atoms with Gasteiger partial charge in [-0.05, 0) is 42.8 Å². The zero-order valence-electron chi connectivity index (χ0n) is 11.5. The Balaban J connectivity index is 1.74. The van der Waals surface area contributed by atoms with Gasteiger partial charge in [-0.1, -0.05) is 35.3 Å². The number of hydrogen-bond acceptors (Lipinski definition) is 2. The summed E-state index contributed by atoms with van der Waals surface area (Å²) in [5.74, 6) is 0.911. The molecule has 0 aliphatic heterocycles. The number of nitrogens with zero attached hydrogens (tertiary/aromatic N) is 1. The molecule has 1 aromatic heterocycles. The summed E-state index contributed by atoms with van der Waals surface area (Å²) in [5, 5.41) is 4.81. The van der Waals surface area contributed by atoms with E-state index in [1.165, 1.54) is 0 Å². The van der Waals surface area contributed by atoms with Crippen molar-refractivity contribution in [2.24, 2.45) is 0 Å². The summed E-state index contributed by atoms with van der Waals surface area (Å²) in [5.41, 5.74) is 3.00. The van der Waals surface area contributed by atoms with E-state index in [1.807, 2.05) is 36.4 Å². The third-order valence-corrected chi connectivity index (χ3v) is 4.03. The molecule has 0 saturated heterocycles. The zero-order chi connectivity index (χ0) is 14.8. The fourth-order valence-electron chi connectivity index (χ4n) is 2.22. The van der Waals surface area contributed by atoms with E-state index in [0.717, 1.165) is 22.4 Å². The molecular weight excluding hydrogens is 305 g/mol. The largest absolute Gasteiger partial charge is 0.341 e. The van der Waals surface area contributed by atoms with Crippen LogP contribution in [0.25, 0.3) is 11.0 Å². The average Bonchev–Trinajstić information content (AvgIpc) is 2.92. The van der Waals surface area contributed by atoms with Crippen LogP contribution in [0.15, 0.2) is 42.5 Å². The van der Waals surface area contributed by atoms with Crippen molar-refractivity contribution in [3.63, 3.8) is 0 Å². The summed E-state index contributed by atoms with van der Waals surface area (Å²) in [6.07, 6.45) is 0.